The Morgan fingerprint density at radius 2 is 2.00 bits per heavy atom. The molecule has 0 spiro atoms. The van der Waals surface area contributed by atoms with Crippen molar-refractivity contribution in [1.29, 1.82) is 0 Å². The molecule has 0 unspecified atom stereocenters. The Morgan fingerprint density at radius 1 is 1.22 bits per heavy atom. The van der Waals surface area contributed by atoms with Crippen molar-refractivity contribution in [3.8, 4) is 5.75 Å². The molecule has 0 atom stereocenters. The highest BCUT2D eigenvalue weighted by atomic mass is 19.1. The molecule has 142 valence electrons. The average Bonchev–Trinajstić information content (AvgIpc) is 2.87. The molecule has 2 rings (SSSR count). The Hall–Kier alpha value is -3.42. The van der Waals surface area contributed by atoms with E-state index in [9.17, 15) is 18.8 Å². The van der Waals surface area contributed by atoms with Gasteiger partial charge in [-0.15, -0.1) is 0 Å². The molecule has 27 heavy (non-hydrogen) atoms. The van der Waals surface area contributed by atoms with E-state index in [-0.39, 0.29) is 17.6 Å². The summed E-state index contributed by atoms with van der Waals surface area (Å²) in [4.78, 5) is 34.5. The molecule has 8 heteroatoms. The summed E-state index contributed by atoms with van der Waals surface area (Å²) in [5.74, 6) is -2.23. The van der Waals surface area contributed by atoms with Gasteiger partial charge in [-0.2, -0.15) is 0 Å². The number of allylic oxidation sites excluding steroid dienone is 3. The molecule has 0 fully saturated rings. The fourth-order valence-electron chi connectivity index (χ4n) is 2.32. The van der Waals surface area contributed by atoms with Gasteiger partial charge in [0.05, 0.1) is 13.5 Å². The molecular weight excluding hydrogens is 355 g/mol. The van der Waals surface area contributed by atoms with Crippen molar-refractivity contribution in [3.05, 3.63) is 65.2 Å². The van der Waals surface area contributed by atoms with E-state index in [1.165, 1.54) is 31.4 Å². The summed E-state index contributed by atoms with van der Waals surface area (Å²) in [5, 5.41) is 13.5. The molecule has 1 aliphatic rings. The second-order valence-electron chi connectivity index (χ2n) is 5.65. The van der Waals surface area contributed by atoms with Crippen LogP contribution in [0.1, 0.15) is 12.0 Å². The van der Waals surface area contributed by atoms with Gasteiger partial charge in [0.1, 0.15) is 18.1 Å². The number of carboxylic acid groups (broad SMARTS) is 1. The minimum absolute atomic E-state index is 0.152. The Kier molecular flexibility index (Phi) is 6.87. The average molecular weight is 374 g/mol. The maximum atomic E-state index is 13.9. The maximum Gasteiger partial charge on any atom is 0.322 e. The van der Waals surface area contributed by atoms with Gasteiger partial charge in [0.25, 0.3) is 5.91 Å². The van der Waals surface area contributed by atoms with Crippen LogP contribution >= 0.6 is 0 Å². The lowest BCUT2D eigenvalue weighted by Crippen LogP contribution is -2.30. The molecule has 1 aliphatic carbocycles. The van der Waals surface area contributed by atoms with Gasteiger partial charge in [-0.25, -0.2) is 4.39 Å². The Labute approximate surface area is 155 Å². The fourth-order valence-corrected chi connectivity index (χ4v) is 2.32. The monoisotopic (exact) mass is 374 g/mol. The molecule has 0 bridgehead atoms. The van der Waals surface area contributed by atoms with Gasteiger partial charge in [0.2, 0.25) is 5.91 Å². The lowest BCUT2D eigenvalue weighted by molar-refractivity contribution is -0.137. The highest BCUT2D eigenvalue weighted by molar-refractivity contribution is 5.97. The van der Waals surface area contributed by atoms with Crippen molar-refractivity contribution >= 4 is 17.8 Å². The van der Waals surface area contributed by atoms with Gasteiger partial charge < -0.3 is 20.5 Å². The highest BCUT2D eigenvalue weighted by Gasteiger charge is 2.12. The second kappa shape index (κ2) is 9.33. The summed E-state index contributed by atoms with van der Waals surface area (Å²) in [6, 6.07) is 4.26. The molecule has 0 saturated carbocycles. The van der Waals surface area contributed by atoms with Gasteiger partial charge in [-0.1, -0.05) is 18.2 Å². The molecule has 0 aromatic heterocycles. The number of hydrogen-bond acceptors (Lipinski definition) is 4. The van der Waals surface area contributed by atoms with Crippen molar-refractivity contribution in [1.82, 2.24) is 10.6 Å². The van der Waals surface area contributed by atoms with Crippen LogP contribution < -0.4 is 15.4 Å². The number of amides is 2. The standard InChI is InChI=1S/C19H19FN2O5/c1-27-15-8-6-13(16(20)10-15)9-17(23)22-14-4-2-3-12(5-7-14)19(26)21-11-18(24)25/h3-8,10H,2,9,11H2,1H3,(H,21,26)(H,22,23)(H,24,25). The van der Waals surface area contributed by atoms with Crippen LogP contribution in [0.4, 0.5) is 4.39 Å². The summed E-state index contributed by atoms with van der Waals surface area (Å²) < 4.78 is 18.8. The normalized spacial score (nSPS) is 13.1. The lowest BCUT2D eigenvalue weighted by Gasteiger charge is -2.08. The Balaban J connectivity index is 1.93. The van der Waals surface area contributed by atoms with E-state index in [1.807, 2.05) is 0 Å². The number of nitrogens with one attached hydrogen (secondary N) is 2. The largest absolute Gasteiger partial charge is 0.497 e. The van der Waals surface area contributed by atoms with Crippen LogP contribution in [0.2, 0.25) is 0 Å². The van der Waals surface area contributed by atoms with E-state index in [0.29, 0.717) is 17.9 Å². The third kappa shape index (κ3) is 6.10. The first-order valence-electron chi connectivity index (χ1n) is 8.09. The molecule has 7 nitrogen and oxygen atoms in total. The molecule has 3 N–H and O–H groups in total. The van der Waals surface area contributed by atoms with Gasteiger partial charge in [-0.3, -0.25) is 14.4 Å². The molecule has 0 saturated heterocycles. The number of rotatable bonds is 7. The first-order valence-corrected chi connectivity index (χ1v) is 8.09. The second-order valence-corrected chi connectivity index (χ2v) is 5.65. The highest BCUT2D eigenvalue weighted by Crippen LogP contribution is 2.17. The Morgan fingerprint density at radius 3 is 2.67 bits per heavy atom. The lowest BCUT2D eigenvalue weighted by atomic mass is 10.1. The van der Waals surface area contributed by atoms with E-state index in [2.05, 4.69) is 10.6 Å². The van der Waals surface area contributed by atoms with Crippen molar-refractivity contribution in [2.45, 2.75) is 12.8 Å². The number of halogens is 1. The van der Waals surface area contributed by atoms with Crippen LogP contribution in [0.15, 0.2) is 53.8 Å². The SMILES string of the molecule is COc1ccc(CC(=O)NC2=CCC=C(C(=O)NCC(=O)O)C=C2)c(F)c1. The van der Waals surface area contributed by atoms with Gasteiger partial charge in [0.15, 0.2) is 0 Å². The number of methoxy groups -OCH3 is 1. The zero-order valence-corrected chi connectivity index (χ0v) is 14.6. The molecule has 2 amide bonds. The molecular formula is C19H19FN2O5. The quantitative estimate of drug-likeness (QED) is 0.670. The number of hydrogen-bond donors (Lipinski definition) is 3. The summed E-state index contributed by atoms with van der Waals surface area (Å²) in [7, 11) is 1.43. The maximum absolute atomic E-state index is 13.9. The summed E-state index contributed by atoms with van der Waals surface area (Å²) in [6.45, 7) is -0.478. The van der Waals surface area contributed by atoms with Crippen LogP contribution in [0.3, 0.4) is 0 Å². The van der Waals surface area contributed by atoms with Gasteiger partial charge in [-0.05, 0) is 30.2 Å². The number of ether oxygens (including phenoxy) is 1. The van der Waals surface area contributed by atoms with Crippen LogP contribution in [-0.2, 0) is 20.8 Å². The van der Waals surface area contributed by atoms with E-state index in [0.717, 1.165) is 0 Å². The van der Waals surface area contributed by atoms with Crippen molar-refractivity contribution < 1.29 is 28.6 Å². The van der Waals surface area contributed by atoms with Crippen LogP contribution in [-0.4, -0.2) is 36.5 Å². The van der Waals surface area contributed by atoms with E-state index >= 15 is 0 Å². The van der Waals surface area contributed by atoms with Gasteiger partial charge in [0, 0.05) is 17.3 Å². The number of carbonyl (C=O) groups is 3. The fraction of sp³-hybridized carbons (Fsp3) is 0.211. The van der Waals surface area contributed by atoms with Crippen molar-refractivity contribution in [2.24, 2.45) is 0 Å². The number of carboxylic acids is 1. The smallest absolute Gasteiger partial charge is 0.322 e. The predicted octanol–water partition coefficient (Wildman–Crippen LogP) is 1.46. The first kappa shape index (κ1) is 19.9. The molecule has 0 heterocycles. The Bertz CT molecular complexity index is 843. The third-order valence-electron chi connectivity index (χ3n) is 3.68. The minimum atomic E-state index is -1.14. The van der Waals surface area contributed by atoms with Crippen LogP contribution in [0.5, 0.6) is 5.75 Å². The summed E-state index contributed by atoms with van der Waals surface area (Å²) in [5.41, 5.74) is 0.988. The van der Waals surface area contributed by atoms with E-state index < -0.39 is 30.1 Å². The number of aliphatic carboxylic acids is 1. The van der Waals surface area contributed by atoms with Crippen LogP contribution in [0.25, 0.3) is 0 Å². The molecule has 1 aromatic carbocycles. The molecule has 1 aromatic rings. The first-order chi connectivity index (χ1) is 12.9. The number of benzene rings is 1. The van der Waals surface area contributed by atoms with E-state index in [4.69, 9.17) is 9.84 Å². The number of carbonyl (C=O) groups excluding carboxylic acids is 2. The molecule has 0 aliphatic heterocycles. The van der Waals surface area contributed by atoms with Crippen molar-refractivity contribution in [3.63, 3.8) is 0 Å². The van der Waals surface area contributed by atoms with Crippen molar-refractivity contribution in [2.75, 3.05) is 13.7 Å². The third-order valence-corrected chi connectivity index (χ3v) is 3.68. The molecule has 0 radical (unpaired) electrons. The minimum Gasteiger partial charge on any atom is -0.497 e. The zero-order valence-electron chi connectivity index (χ0n) is 14.6. The summed E-state index contributed by atoms with van der Waals surface area (Å²) in [6.07, 6.45) is 6.52. The zero-order chi connectivity index (χ0) is 19.8. The summed E-state index contributed by atoms with van der Waals surface area (Å²) >= 11 is 0. The van der Waals surface area contributed by atoms with Gasteiger partial charge >= 0.3 is 5.97 Å². The topological polar surface area (TPSA) is 105 Å². The van der Waals surface area contributed by atoms with Crippen LogP contribution in [0, 0.1) is 5.82 Å². The van der Waals surface area contributed by atoms with E-state index in [1.54, 1.807) is 18.2 Å². The predicted molar refractivity (Wildman–Crippen MR) is 95.4 cm³/mol.